The lowest BCUT2D eigenvalue weighted by Crippen LogP contribution is -2.41. The summed E-state index contributed by atoms with van der Waals surface area (Å²) in [7, 11) is 0. The maximum absolute atomic E-state index is 17.2. The van der Waals surface area contributed by atoms with Crippen LogP contribution < -0.4 is 5.32 Å². The highest BCUT2D eigenvalue weighted by Crippen LogP contribution is 2.51. The summed E-state index contributed by atoms with van der Waals surface area (Å²) in [5.74, 6) is 0.419. The number of nitrogens with zero attached hydrogens (tertiary/aromatic N) is 5. The van der Waals surface area contributed by atoms with Gasteiger partial charge in [0.2, 0.25) is 5.91 Å². The molecule has 7 atom stereocenters. The molecule has 2 aromatic heterocycles. The summed E-state index contributed by atoms with van der Waals surface area (Å²) in [6.45, 7) is 3.91. The molecule has 5 heterocycles. The fourth-order valence-corrected chi connectivity index (χ4v) is 10.3. The first-order chi connectivity index (χ1) is 25.8. The largest absolute Gasteiger partial charge is 0.376 e. The van der Waals surface area contributed by atoms with Crippen LogP contribution in [0.1, 0.15) is 86.8 Å². The van der Waals surface area contributed by atoms with Gasteiger partial charge in [0.1, 0.15) is 5.52 Å². The quantitative estimate of drug-likeness (QED) is 0.183. The number of amides is 1. The van der Waals surface area contributed by atoms with Crippen LogP contribution in [0.4, 0.5) is 4.39 Å². The number of nitriles is 2. The van der Waals surface area contributed by atoms with E-state index in [9.17, 15) is 15.3 Å². The second kappa shape index (κ2) is 13.8. The van der Waals surface area contributed by atoms with Gasteiger partial charge >= 0.3 is 0 Å². The van der Waals surface area contributed by atoms with E-state index in [0.29, 0.717) is 64.7 Å². The van der Waals surface area contributed by atoms with Gasteiger partial charge in [-0.25, -0.2) is 9.37 Å². The van der Waals surface area contributed by atoms with Crippen LogP contribution >= 0.6 is 23.2 Å². The number of halogens is 3. The summed E-state index contributed by atoms with van der Waals surface area (Å²) in [6, 6.07) is 14.4. The number of aromatic nitrogens is 2. The Labute approximate surface area is 319 Å². The average molecular weight is 754 g/mol. The van der Waals surface area contributed by atoms with Gasteiger partial charge in [0.05, 0.1) is 58.4 Å². The Morgan fingerprint density at radius 3 is 2.68 bits per heavy atom. The van der Waals surface area contributed by atoms with Crippen LogP contribution in [-0.2, 0) is 16.0 Å². The summed E-state index contributed by atoms with van der Waals surface area (Å²) in [5.41, 5.74) is 4.42. The van der Waals surface area contributed by atoms with Crippen molar-refractivity contribution in [1.29, 1.82) is 10.5 Å². The van der Waals surface area contributed by atoms with Gasteiger partial charge in [0.25, 0.3) is 0 Å². The molecule has 10 rings (SSSR count). The minimum atomic E-state index is -0.480. The maximum Gasteiger partial charge on any atom is 0.226 e. The van der Waals surface area contributed by atoms with E-state index in [2.05, 4.69) is 33.0 Å². The minimum Gasteiger partial charge on any atom is -0.376 e. The number of fused-ring (bicyclic) bond motifs is 4. The fourth-order valence-electron chi connectivity index (χ4n) is 9.94. The average Bonchev–Trinajstić information content (AvgIpc) is 3.45. The Hall–Kier alpha value is -3.73. The summed E-state index contributed by atoms with van der Waals surface area (Å²) >= 11 is 13.1. The fraction of sp³-hybridized carbons (Fsp3) is 0.524. The molecule has 11 heteroatoms. The van der Waals surface area contributed by atoms with E-state index >= 15 is 4.39 Å². The third-order valence-corrected chi connectivity index (χ3v) is 13.7. The van der Waals surface area contributed by atoms with Crippen molar-refractivity contribution in [2.75, 3.05) is 19.7 Å². The molecular weight excluding hydrogens is 710 g/mol. The van der Waals surface area contributed by atoms with Crippen molar-refractivity contribution in [2.45, 2.75) is 95.4 Å². The van der Waals surface area contributed by atoms with E-state index in [4.69, 9.17) is 32.9 Å². The number of carbonyl (C=O) groups is 1. The van der Waals surface area contributed by atoms with E-state index in [0.717, 1.165) is 68.1 Å². The molecule has 1 amide bonds. The topological polar surface area (TPSA) is 107 Å². The molecule has 3 aliphatic heterocycles. The molecule has 0 radical (unpaired) electrons. The van der Waals surface area contributed by atoms with Crippen molar-refractivity contribution in [3.63, 3.8) is 0 Å². The summed E-state index contributed by atoms with van der Waals surface area (Å²) in [5, 5.41) is 25.4. The SMILES string of the molecule is Cc1nc2c(F)c(-c3cccc(Cl)c3Cl)c(CCC#N)cc2c2c1cc([C@H]1C[C@H](OC[C@@H]3CCCC[C@H]3C#N)CN1C(=O)C1CC1)n2[C@H]1[C@H]2CN[C@@H]1C2. The van der Waals surface area contributed by atoms with Crippen molar-refractivity contribution in [2.24, 2.45) is 23.7 Å². The van der Waals surface area contributed by atoms with Gasteiger partial charge in [-0.3, -0.25) is 4.79 Å². The van der Waals surface area contributed by atoms with Crippen LogP contribution in [0.25, 0.3) is 32.9 Å². The van der Waals surface area contributed by atoms with Gasteiger partial charge in [-0.1, -0.05) is 48.2 Å². The number of ether oxygens (including phenoxy) is 1. The van der Waals surface area contributed by atoms with E-state index in [1.165, 1.54) is 0 Å². The van der Waals surface area contributed by atoms with E-state index in [1.54, 1.807) is 18.2 Å². The number of hydrogen-bond donors (Lipinski definition) is 1. The van der Waals surface area contributed by atoms with Gasteiger partial charge in [0.15, 0.2) is 5.82 Å². The third-order valence-electron chi connectivity index (χ3n) is 12.9. The lowest BCUT2D eigenvalue weighted by Gasteiger charge is -2.39. The zero-order valence-electron chi connectivity index (χ0n) is 29.9. The molecule has 6 aliphatic rings. The molecule has 3 saturated heterocycles. The highest BCUT2D eigenvalue weighted by Gasteiger charge is 2.51. The zero-order valence-corrected chi connectivity index (χ0v) is 31.4. The summed E-state index contributed by atoms with van der Waals surface area (Å²) in [4.78, 5) is 21.0. The predicted molar refractivity (Wildman–Crippen MR) is 203 cm³/mol. The minimum absolute atomic E-state index is 0.0203. The van der Waals surface area contributed by atoms with E-state index in [1.807, 2.05) is 13.0 Å². The third kappa shape index (κ3) is 5.91. The molecule has 4 aromatic rings. The molecule has 2 aromatic carbocycles. The number of hydrogen-bond acceptors (Lipinski definition) is 6. The molecule has 274 valence electrons. The van der Waals surface area contributed by atoms with Crippen molar-refractivity contribution in [3.05, 3.63) is 63.1 Å². The number of rotatable bonds is 9. The number of aryl methyl sites for hydroxylation is 2. The van der Waals surface area contributed by atoms with Crippen molar-refractivity contribution >= 4 is 50.9 Å². The Morgan fingerprint density at radius 2 is 1.94 bits per heavy atom. The summed E-state index contributed by atoms with van der Waals surface area (Å²) in [6.07, 6.45) is 8.12. The first-order valence-corrected chi connectivity index (χ1v) is 20.1. The maximum atomic E-state index is 17.2. The van der Waals surface area contributed by atoms with E-state index in [-0.39, 0.29) is 64.9 Å². The molecule has 3 saturated carbocycles. The first kappa shape index (κ1) is 35.0. The van der Waals surface area contributed by atoms with Crippen molar-refractivity contribution in [1.82, 2.24) is 19.8 Å². The molecule has 0 unspecified atom stereocenters. The lowest BCUT2D eigenvalue weighted by molar-refractivity contribution is -0.134. The smallest absolute Gasteiger partial charge is 0.226 e. The van der Waals surface area contributed by atoms with Crippen molar-refractivity contribution in [3.8, 4) is 23.3 Å². The van der Waals surface area contributed by atoms with Crippen molar-refractivity contribution < 1.29 is 13.9 Å². The molecule has 6 fully saturated rings. The van der Waals surface area contributed by atoms with Crippen LogP contribution in [0.5, 0.6) is 0 Å². The van der Waals surface area contributed by atoms with Crippen LogP contribution in [0.2, 0.25) is 10.0 Å². The van der Waals surface area contributed by atoms with Gasteiger partial charge in [0, 0.05) is 71.2 Å². The van der Waals surface area contributed by atoms with E-state index < -0.39 is 5.82 Å². The number of carbonyl (C=O) groups excluding carboxylic acids is 1. The second-order valence-electron chi connectivity index (χ2n) is 16.0. The first-order valence-electron chi connectivity index (χ1n) is 19.3. The normalized spacial score (nSPS) is 28.0. The van der Waals surface area contributed by atoms with Crippen LogP contribution in [0.3, 0.4) is 0 Å². The second-order valence-corrected chi connectivity index (χ2v) is 16.8. The Bertz CT molecular complexity index is 2210. The number of likely N-dealkylation sites (tertiary alicyclic amines) is 1. The Balaban J connectivity index is 1.20. The van der Waals surface area contributed by atoms with Gasteiger partial charge in [-0.05, 0) is 81.0 Å². The van der Waals surface area contributed by atoms with Gasteiger partial charge in [-0.2, -0.15) is 10.5 Å². The Kier molecular flexibility index (Phi) is 9.14. The predicted octanol–water partition coefficient (Wildman–Crippen LogP) is 9.00. The molecular formula is C42H43Cl2FN6O2. The van der Waals surface area contributed by atoms with Crippen LogP contribution in [0, 0.1) is 59.1 Å². The number of pyridine rings is 1. The molecule has 8 nitrogen and oxygen atoms in total. The highest BCUT2D eigenvalue weighted by molar-refractivity contribution is 6.43. The molecule has 1 N–H and O–H groups in total. The molecule has 3 aliphatic carbocycles. The van der Waals surface area contributed by atoms with Gasteiger partial charge in [-0.15, -0.1) is 0 Å². The number of benzene rings is 2. The Morgan fingerprint density at radius 1 is 1.11 bits per heavy atom. The van der Waals surface area contributed by atoms with Crippen LogP contribution in [0.15, 0.2) is 30.3 Å². The highest BCUT2D eigenvalue weighted by atomic mass is 35.5. The molecule has 0 spiro atoms. The summed E-state index contributed by atoms with van der Waals surface area (Å²) < 4.78 is 26.3. The van der Waals surface area contributed by atoms with Crippen LogP contribution in [-0.4, -0.2) is 52.2 Å². The lowest BCUT2D eigenvalue weighted by atomic mass is 9.79. The molecule has 2 bridgehead atoms. The molecule has 53 heavy (non-hydrogen) atoms. The standard InChI is InChI=1S/C42H43Cl2FN6O2/c1-22-30-17-35(34-16-28(20-50(34)42(52)23-11-12-23)53-21-26-7-3-2-6-25(26)18-47)51(40-27-15-33(40)48-19-27)41(30)31-14-24(8-5-13-46)36(38(45)39(31)49-22)29-9-4-10-32(43)37(29)44/h4,9-10,14,17,23,25-28,33-34,40,48H,2-3,5-8,11-12,15-16,19-21H2,1H3/t25-,26-,27+,28-,33+,34+,40-/m0/s1. The monoisotopic (exact) mass is 752 g/mol. The number of nitrogens with one attached hydrogen (secondary N) is 1. The zero-order chi connectivity index (χ0) is 36.5. The van der Waals surface area contributed by atoms with Gasteiger partial charge < -0.3 is 19.5 Å².